The van der Waals surface area contributed by atoms with Gasteiger partial charge in [0, 0.05) is 23.2 Å². The van der Waals surface area contributed by atoms with Gasteiger partial charge in [0.2, 0.25) is 0 Å². The molecule has 0 aliphatic carbocycles. The van der Waals surface area contributed by atoms with Gasteiger partial charge < -0.3 is 4.90 Å². The maximum Gasteiger partial charge on any atom is 0.144 e. The van der Waals surface area contributed by atoms with Crippen LogP contribution in [0.5, 0.6) is 0 Å². The molecule has 1 unspecified atom stereocenters. The molecule has 0 heterocycles. The number of hydrogen-bond donors (Lipinski definition) is 0. The van der Waals surface area contributed by atoms with E-state index in [1.54, 1.807) is 11.6 Å². The Morgan fingerprint density at radius 1 is 1.39 bits per heavy atom. The Morgan fingerprint density at radius 2 is 2.13 bits per heavy atom. The van der Waals surface area contributed by atoms with Gasteiger partial charge >= 0.3 is 0 Å². The van der Waals surface area contributed by atoms with Crippen molar-refractivity contribution in [3.63, 3.8) is 0 Å². The number of thiocarbonyl (C=S) groups is 1. The van der Waals surface area contributed by atoms with Gasteiger partial charge in [0.1, 0.15) is 6.29 Å². The smallest absolute Gasteiger partial charge is 0.144 e. The fraction of sp³-hybridized carbons (Fsp3) is 0.474. The molecular formula is C19H26ClNOS. The fourth-order valence-corrected chi connectivity index (χ4v) is 3.05. The maximum absolute atomic E-state index is 11.2. The van der Waals surface area contributed by atoms with Gasteiger partial charge in [0.05, 0.1) is 11.2 Å². The molecule has 0 fully saturated rings. The highest BCUT2D eigenvalue weighted by Gasteiger charge is 2.16. The minimum Gasteiger partial charge on any atom is -0.338 e. The van der Waals surface area contributed by atoms with Crippen molar-refractivity contribution in [3.8, 4) is 0 Å². The monoisotopic (exact) mass is 351 g/mol. The lowest BCUT2D eigenvalue weighted by atomic mass is 9.99. The normalized spacial score (nSPS) is 12.8. The molecule has 1 rings (SSSR count). The number of allylic oxidation sites excluding steroid dienone is 1. The summed E-state index contributed by atoms with van der Waals surface area (Å²) in [6.07, 6.45) is 6.82. The molecule has 0 amide bonds. The Morgan fingerprint density at radius 3 is 2.70 bits per heavy atom. The zero-order valence-corrected chi connectivity index (χ0v) is 15.8. The first-order chi connectivity index (χ1) is 11.1. The number of nitrogens with zero attached hydrogens (tertiary/aromatic N) is 1. The van der Waals surface area contributed by atoms with Crippen LogP contribution in [0.1, 0.15) is 51.2 Å². The van der Waals surface area contributed by atoms with E-state index in [0.717, 1.165) is 42.5 Å². The summed E-state index contributed by atoms with van der Waals surface area (Å²) < 4.78 is 0. The first kappa shape index (κ1) is 19.9. The van der Waals surface area contributed by atoms with Crippen molar-refractivity contribution in [2.45, 2.75) is 46.5 Å². The molecule has 1 atom stereocenters. The molecule has 0 radical (unpaired) electrons. The van der Waals surface area contributed by atoms with Crippen LogP contribution in [0, 0.1) is 5.92 Å². The van der Waals surface area contributed by atoms with Gasteiger partial charge in [-0.3, -0.25) is 4.79 Å². The van der Waals surface area contributed by atoms with Crippen molar-refractivity contribution in [2.24, 2.45) is 5.92 Å². The van der Waals surface area contributed by atoms with Crippen LogP contribution in [-0.4, -0.2) is 23.2 Å². The zero-order chi connectivity index (χ0) is 17.2. The second-order valence-electron chi connectivity index (χ2n) is 5.85. The Balaban J connectivity index is 3.13. The van der Waals surface area contributed by atoms with Crippen molar-refractivity contribution in [2.75, 3.05) is 6.54 Å². The number of benzene rings is 1. The molecule has 23 heavy (non-hydrogen) atoms. The van der Waals surface area contributed by atoms with Crippen molar-refractivity contribution in [1.82, 2.24) is 4.90 Å². The molecule has 126 valence electrons. The molecule has 1 aromatic rings. The number of halogens is 1. The lowest BCUT2D eigenvalue weighted by Crippen LogP contribution is -2.26. The molecule has 0 aromatic heterocycles. The number of hydrogen-bond acceptors (Lipinski definition) is 2. The average Bonchev–Trinajstić information content (AvgIpc) is 2.56. The minimum absolute atomic E-state index is 0.508. The third-order valence-corrected chi connectivity index (χ3v) is 4.44. The van der Waals surface area contributed by atoms with Gasteiger partial charge in [-0.15, -0.1) is 0 Å². The first-order valence-electron chi connectivity index (χ1n) is 8.23. The van der Waals surface area contributed by atoms with Crippen LogP contribution in [0.15, 0.2) is 24.3 Å². The molecular weight excluding hydrogens is 326 g/mol. The average molecular weight is 352 g/mol. The number of aryl methyl sites for hydroxylation is 1. The van der Waals surface area contributed by atoms with Crippen LogP contribution in [0.25, 0.3) is 5.70 Å². The third-order valence-electron chi connectivity index (χ3n) is 3.95. The Hall–Kier alpha value is -1.19. The predicted molar refractivity (Wildman–Crippen MR) is 104 cm³/mol. The van der Waals surface area contributed by atoms with Gasteiger partial charge in [-0.1, -0.05) is 63.5 Å². The number of carbonyl (C=O) groups is 1. The molecule has 0 N–H and O–H groups in total. The van der Waals surface area contributed by atoms with Crippen LogP contribution in [-0.2, 0) is 11.2 Å². The van der Waals surface area contributed by atoms with E-state index < -0.39 is 0 Å². The summed E-state index contributed by atoms with van der Waals surface area (Å²) in [7, 11) is 0. The number of carbonyl (C=O) groups excluding carboxylic acids is 1. The SMILES string of the molecule is CCCCC(C)CN(C=S)/C(=C\C=O)c1cc(Cl)ccc1CC. The van der Waals surface area contributed by atoms with Gasteiger partial charge in [-0.05, 0) is 36.5 Å². The van der Waals surface area contributed by atoms with Crippen LogP contribution in [0.3, 0.4) is 0 Å². The van der Waals surface area contributed by atoms with E-state index in [9.17, 15) is 4.79 Å². The van der Waals surface area contributed by atoms with E-state index in [0.29, 0.717) is 10.9 Å². The summed E-state index contributed by atoms with van der Waals surface area (Å²) in [6, 6.07) is 5.81. The van der Waals surface area contributed by atoms with Gasteiger partial charge in [0.15, 0.2) is 0 Å². The molecule has 0 aliphatic rings. The molecule has 4 heteroatoms. The number of rotatable bonds is 10. The van der Waals surface area contributed by atoms with Gasteiger partial charge in [-0.25, -0.2) is 0 Å². The van der Waals surface area contributed by atoms with Crippen molar-refractivity contribution >= 4 is 41.3 Å². The van der Waals surface area contributed by atoms with Crippen molar-refractivity contribution < 1.29 is 4.79 Å². The second-order valence-corrected chi connectivity index (χ2v) is 6.50. The number of unbranched alkanes of at least 4 members (excludes halogenated alkanes) is 1. The van der Waals surface area contributed by atoms with Crippen LogP contribution in [0.4, 0.5) is 0 Å². The molecule has 1 aromatic carbocycles. The van der Waals surface area contributed by atoms with Gasteiger partial charge in [-0.2, -0.15) is 0 Å². The molecule has 0 bridgehead atoms. The Kier molecular flexibility index (Phi) is 9.12. The van der Waals surface area contributed by atoms with E-state index in [1.165, 1.54) is 12.8 Å². The van der Waals surface area contributed by atoms with Crippen LogP contribution in [0.2, 0.25) is 5.02 Å². The van der Waals surface area contributed by atoms with E-state index in [1.807, 2.05) is 23.1 Å². The summed E-state index contributed by atoms with van der Waals surface area (Å²) in [4.78, 5) is 13.2. The predicted octanol–water partition coefficient (Wildman–Crippen LogP) is 5.53. The third kappa shape index (κ3) is 6.08. The van der Waals surface area contributed by atoms with Crippen molar-refractivity contribution in [3.05, 3.63) is 40.4 Å². The lowest BCUT2D eigenvalue weighted by Gasteiger charge is -2.27. The first-order valence-corrected chi connectivity index (χ1v) is 9.08. The summed E-state index contributed by atoms with van der Waals surface area (Å²) in [6.45, 7) is 7.31. The zero-order valence-electron chi connectivity index (χ0n) is 14.2. The largest absolute Gasteiger partial charge is 0.338 e. The van der Waals surface area contributed by atoms with Crippen LogP contribution < -0.4 is 0 Å². The van der Waals surface area contributed by atoms with E-state index >= 15 is 0 Å². The Bertz CT molecular complexity index is 556. The van der Waals surface area contributed by atoms with Crippen molar-refractivity contribution in [1.29, 1.82) is 0 Å². The summed E-state index contributed by atoms with van der Waals surface area (Å²) in [5.74, 6) is 0.508. The Labute approximate surface area is 150 Å². The maximum atomic E-state index is 11.2. The summed E-state index contributed by atoms with van der Waals surface area (Å²) >= 11 is 11.4. The van der Waals surface area contributed by atoms with E-state index in [2.05, 4.69) is 20.8 Å². The highest BCUT2D eigenvalue weighted by atomic mass is 35.5. The quantitative estimate of drug-likeness (QED) is 0.314. The summed E-state index contributed by atoms with van der Waals surface area (Å²) in [5.41, 5.74) is 4.61. The summed E-state index contributed by atoms with van der Waals surface area (Å²) in [5, 5.41) is 0.664. The topological polar surface area (TPSA) is 20.3 Å². The molecule has 0 aliphatic heterocycles. The highest BCUT2D eigenvalue weighted by molar-refractivity contribution is 7.78. The minimum atomic E-state index is 0.508. The molecule has 2 nitrogen and oxygen atoms in total. The highest BCUT2D eigenvalue weighted by Crippen LogP contribution is 2.27. The fourth-order valence-electron chi connectivity index (χ4n) is 2.68. The molecule has 0 saturated heterocycles. The van der Waals surface area contributed by atoms with Crippen LogP contribution >= 0.6 is 23.8 Å². The second kappa shape index (κ2) is 10.6. The van der Waals surface area contributed by atoms with Gasteiger partial charge in [0.25, 0.3) is 0 Å². The molecule has 0 saturated carbocycles. The van der Waals surface area contributed by atoms with E-state index in [-0.39, 0.29) is 0 Å². The lowest BCUT2D eigenvalue weighted by molar-refractivity contribution is -0.104. The standard InChI is InChI=1S/C19H26ClNOS/c1-4-6-7-15(3)13-21(14-23)19(10-11-22)18-12-17(20)9-8-16(18)5-2/h8-12,14-15H,4-7,13H2,1-3H3/b19-10-. The molecule has 0 spiro atoms. The van der Waals surface area contributed by atoms with E-state index in [4.69, 9.17) is 23.8 Å². The number of aldehydes is 1.